The molecule has 0 unspecified atom stereocenters. The number of nitrogens with one attached hydrogen (secondary N) is 2. The van der Waals surface area contributed by atoms with Gasteiger partial charge in [0, 0.05) is 22.3 Å². The zero-order valence-electron chi connectivity index (χ0n) is 14.8. The minimum Gasteiger partial charge on any atom is -0.345 e. The Kier molecular flexibility index (Phi) is 6.18. The van der Waals surface area contributed by atoms with Gasteiger partial charge in [0.15, 0.2) is 0 Å². The molecule has 0 spiro atoms. The Labute approximate surface area is 166 Å². The van der Waals surface area contributed by atoms with Crippen LogP contribution in [0.3, 0.4) is 0 Å². The van der Waals surface area contributed by atoms with E-state index in [1.807, 2.05) is 30.3 Å². The van der Waals surface area contributed by atoms with Crippen molar-refractivity contribution in [1.82, 2.24) is 15.1 Å². The topological polar surface area (TPSA) is 93.1 Å². The largest absolute Gasteiger partial charge is 0.345 e. The highest BCUT2D eigenvalue weighted by atomic mass is 35.5. The molecule has 0 radical (unpaired) electrons. The van der Waals surface area contributed by atoms with Gasteiger partial charge in [0.25, 0.3) is 5.56 Å². The number of rotatable bonds is 6. The van der Waals surface area contributed by atoms with Gasteiger partial charge in [0.05, 0.1) is 12.2 Å². The maximum atomic E-state index is 12.1. The van der Waals surface area contributed by atoms with E-state index >= 15 is 0 Å². The number of aromatic nitrogens is 2. The van der Waals surface area contributed by atoms with Gasteiger partial charge in [0.1, 0.15) is 6.54 Å². The minimum absolute atomic E-state index is 0.228. The van der Waals surface area contributed by atoms with E-state index < -0.39 is 17.4 Å². The van der Waals surface area contributed by atoms with E-state index in [2.05, 4.69) is 15.7 Å². The second kappa shape index (κ2) is 8.96. The van der Waals surface area contributed by atoms with Crippen molar-refractivity contribution in [2.24, 2.45) is 0 Å². The number of halogens is 1. The van der Waals surface area contributed by atoms with Gasteiger partial charge in [-0.05, 0) is 30.3 Å². The van der Waals surface area contributed by atoms with Crippen LogP contribution in [0.1, 0.15) is 0 Å². The van der Waals surface area contributed by atoms with Crippen molar-refractivity contribution in [2.75, 3.05) is 11.9 Å². The monoisotopic (exact) mass is 396 g/mol. The first kappa shape index (κ1) is 19.3. The predicted molar refractivity (Wildman–Crippen MR) is 107 cm³/mol. The second-order valence-corrected chi connectivity index (χ2v) is 6.35. The molecule has 2 aromatic carbocycles. The van der Waals surface area contributed by atoms with Crippen molar-refractivity contribution in [2.45, 2.75) is 6.54 Å². The fraction of sp³-hybridized carbons (Fsp3) is 0.100. The molecule has 7 nitrogen and oxygen atoms in total. The van der Waals surface area contributed by atoms with Gasteiger partial charge in [-0.25, -0.2) is 4.68 Å². The Morgan fingerprint density at radius 1 is 0.929 bits per heavy atom. The average Bonchev–Trinajstić information content (AvgIpc) is 2.70. The molecule has 0 fully saturated rings. The van der Waals surface area contributed by atoms with Crippen molar-refractivity contribution in [1.29, 1.82) is 0 Å². The van der Waals surface area contributed by atoms with Crippen LogP contribution in [0, 0.1) is 0 Å². The van der Waals surface area contributed by atoms with Gasteiger partial charge >= 0.3 is 0 Å². The molecule has 0 atom stereocenters. The van der Waals surface area contributed by atoms with Crippen LogP contribution in [0.5, 0.6) is 0 Å². The fourth-order valence-electron chi connectivity index (χ4n) is 2.43. The van der Waals surface area contributed by atoms with Gasteiger partial charge < -0.3 is 10.6 Å². The van der Waals surface area contributed by atoms with Crippen molar-refractivity contribution in [3.8, 4) is 11.3 Å². The van der Waals surface area contributed by atoms with Crippen molar-refractivity contribution >= 4 is 29.1 Å². The summed E-state index contributed by atoms with van der Waals surface area (Å²) in [6.07, 6.45) is 0. The molecule has 8 heteroatoms. The first-order valence-corrected chi connectivity index (χ1v) is 8.85. The zero-order valence-corrected chi connectivity index (χ0v) is 15.5. The van der Waals surface area contributed by atoms with E-state index in [0.717, 1.165) is 10.2 Å². The average molecular weight is 397 g/mol. The molecule has 0 aliphatic rings. The highest BCUT2D eigenvalue weighted by Gasteiger charge is 2.10. The summed E-state index contributed by atoms with van der Waals surface area (Å²) in [5.41, 5.74) is 1.57. The number of anilines is 1. The zero-order chi connectivity index (χ0) is 19.9. The highest BCUT2D eigenvalue weighted by molar-refractivity contribution is 6.30. The first-order valence-electron chi connectivity index (χ1n) is 8.47. The standard InChI is InChI=1S/C20H17ClN4O3/c21-15-6-8-16(9-7-15)23-18(26)12-22-19(27)13-25-20(28)11-10-17(24-25)14-4-2-1-3-5-14/h1-11H,12-13H2,(H,22,27)(H,23,26). The quantitative estimate of drug-likeness (QED) is 0.668. The maximum Gasteiger partial charge on any atom is 0.267 e. The lowest BCUT2D eigenvalue weighted by Gasteiger charge is -2.09. The first-order chi connectivity index (χ1) is 13.5. The molecule has 0 aliphatic heterocycles. The van der Waals surface area contributed by atoms with Crippen LogP contribution < -0.4 is 16.2 Å². The predicted octanol–water partition coefficient (Wildman–Crippen LogP) is 2.32. The molecule has 0 aliphatic carbocycles. The Morgan fingerprint density at radius 3 is 2.36 bits per heavy atom. The molecule has 0 bridgehead atoms. The molecule has 2 amide bonds. The fourth-order valence-corrected chi connectivity index (χ4v) is 2.56. The summed E-state index contributed by atoms with van der Waals surface area (Å²) >= 11 is 5.79. The maximum absolute atomic E-state index is 12.1. The van der Waals surface area contributed by atoms with E-state index in [0.29, 0.717) is 16.4 Å². The third-order valence-corrected chi connectivity index (χ3v) is 4.06. The third kappa shape index (κ3) is 5.28. The number of carbonyl (C=O) groups is 2. The van der Waals surface area contributed by atoms with Crippen LogP contribution in [0.4, 0.5) is 5.69 Å². The second-order valence-electron chi connectivity index (χ2n) is 5.91. The molecule has 142 valence electrons. The molecule has 0 saturated heterocycles. The van der Waals surface area contributed by atoms with Gasteiger partial charge in [0.2, 0.25) is 11.8 Å². The summed E-state index contributed by atoms with van der Waals surface area (Å²) in [5.74, 6) is -0.889. The van der Waals surface area contributed by atoms with Gasteiger partial charge in [-0.1, -0.05) is 41.9 Å². The molecule has 1 aromatic heterocycles. The molecule has 2 N–H and O–H groups in total. The summed E-state index contributed by atoms with van der Waals surface area (Å²) in [6, 6.07) is 18.9. The van der Waals surface area contributed by atoms with Gasteiger partial charge in [-0.2, -0.15) is 5.10 Å². The number of hydrogen-bond donors (Lipinski definition) is 2. The van der Waals surface area contributed by atoms with E-state index in [-0.39, 0.29) is 13.1 Å². The van der Waals surface area contributed by atoms with E-state index in [9.17, 15) is 14.4 Å². The normalized spacial score (nSPS) is 10.3. The number of nitrogens with zero attached hydrogens (tertiary/aromatic N) is 2. The third-order valence-electron chi connectivity index (χ3n) is 3.80. The Morgan fingerprint density at radius 2 is 1.64 bits per heavy atom. The van der Waals surface area contributed by atoms with Gasteiger partial charge in [-0.15, -0.1) is 0 Å². The summed E-state index contributed by atoms with van der Waals surface area (Å²) < 4.78 is 1.06. The number of amides is 2. The van der Waals surface area contributed by atoms with E-state index in [1.54, 1.807) is 30.3 Å². The van der Waals surface area contributed by atoms with E-state index in [4.69, 9.17) is 11.6 Å². The van der Waals surface area contributed by atoms with Gasteiger partial charge in [-0.3, -0.25) is 14.4 Å². The molecular formula is C20H17ClN4O3. The number of benzene rings is 2. The van der Waals surface area contributed by atoms with Crippen LogP contribution in [0.15, 0.2) is 71.5 Å². The van der Waals surface area contributed by atoms with Crippen LogP contribution in [-0.4, -0.2) is 28.1 Å². The van der Waals surface area contributed by atoms with Crippen molar-refractivity contribution < 1.29 is 9.59 Å². The Balaban J connectivity index is 1.58. The van der Waals surface area contributed by atoms with Crippen LogP contribution in [-0.2, 0) is 16.1 Å². The molecule has 28 heavy (non-hydrogen) atoms. The summed E-state index contributed by atoms with van der Waals surface area (Å²) in [6.45, 7) is -0.512. The lowest BCUT2D eigenvalue weighted by atomic mass is 10.1. The minimum atomic E-state index is -0.494. The smallest absolute Gasteiger partial charge is 0.267 e. The van der Waals surface area contributed by atoms with Crippen molar-refractivity contribution in [3.05, 3.63) is 82.1 Å². The molecule has 0 saturated carbocycles. The molecule has 1 heterocycles. The highest BCUT2D eigenvalue weighted by Crippen LogP contribution is 2.14. The molecule has 3 rings (SSSR count). The SMILES string of the molecule is O=C(Cn1nc(-c2ccccc2)ccc1=O)NCC(=O)Nc1ccc(Cl)cc1. The lowest BCUT2D eigenvalue weighted by Crippen LogP contribution is -2.37. The van der Waals surface area contributed by atoms with Crippen molar-refractivity contribution in [3.63, 3.8) is 0 Å². The summed E-state index contributed by atoms with van der Waals surface area (Å²) in [7, 11) is 0. The lowest BCUT2D eigenvalue weighted by molar-refractivity contribution is -0.124. The summed E-state index contributed by atoms with van der Waals surface area (Å²) in [5, 5.41) is 9.88. The Hall–Kier alpha value is -3.45. The number of hydrogen-bond acceptors (Lipinski definition) is 4. The van der Waals surface area contributed by atoms with Crippen LogP contribution in [0.25, 0.3) is 11.3 Å². The number of carbonyl (C=O) groups excluding carboxylic acids is 2. The molecular weight excluding hydrogens is 380 g/mol. The van der Waals surface area contributed by atoms with Crippen LogP contribution in [0.2, 0.25) is 5.02 Å². The summed E-state index contributed by atoms with van der Waals surface area (Å²) in [4.78, 5) is 36.0. The Bertz CT molecular complexity index is 1030. The van der Waals surface area contributed by atoms with Crippen LogP contribution >= 0.6 is 11.6 Å². The van der Waals surface area contributed by atoms with E-state index in [1.165, 1.54) is 6.07 Å². The molecule has 3 aromatic rings.